The zero-order chi connectivity index (χ0) is 11.5. The maximum Gasteiger partial charge on any atom is 0.0932 e. The van der Waals surface area contributed by atoms with Gasteiger partial charge in [-0.1, -0.05) is 21.1 Å². The zero-order valence-corrected chi connectivity index (χ0v) is 11.0. The smallest absolute Gasteiger partial charge is 0.0932 e. The Labute approximate surface area is 103 Å². The van der Waals surface area contributed by atoms with Crippen LogP contribution in [-0.4, -0.2) is 24.8 Å². The molecule has 0 aliphatic heterocycles. The summed E-state index contributed by atoms with van der Waals surface area (Å²) in [7, 11) is 0. The van der Waals surface area contributed by atoms with Gasteiger partial charge in [0, 0.05) is 18.1 Å². The van der Waals surface area contributed by atoms with Crippen molar-refractivity contribution >= 4 is 15.9 Å². The summed E-state index contributed by atoms with van der Waals surface area (Å²) in [5.41, 5.74) is 3.14. The molecule has 2 aromatic heterocycles. The van der Waals surface area contributed by atoms with Crippen molar-refractivity contribution in [2.24, 2.45) is 0 Å². The summed E-state index contributed by atoms with van der Waals surface area (Å²) in [4.78, 5) is 0. The van der Waals surface area contributed by atoms with Crippen LogP contribution in [0, 0.1) is 6.92 Å². The van der Waals surface area contributed by atoms with Crippen molar-refractivity contribution in [3.05, 3.63) is 29.3 Å². The summed E-state index contributed by atoms with van der Waals surface area (Å²) in [5, 5.41) is 13.2. The SMILES string of the molecule is CCn1nc(C)cc1Cn1cc(CBr)nn1. The predicted molar refractivity (Wildman–Crippen MR) is 64.4 cm³/mol. The first kappa shape index (κ1) is 11.3. The molecule has 0 fully saturated rings. The molecule has 0 spiro atoms. The van der Waals surface area contributed by atoms with Crippen LogP contribution in [0.5, 0.6) is 0 Å². The standard InChI is InChI=1S/C10H14BrN5/c1-3-16-10(4-8(2)13-16)7-15-6-9(5-11)12-14-15/h4,6H,3,5,7H2,1-2H3. The Morgan fingerprint density at radius 1 is 1.44 bits per heavy atom. The first-order valence-electron chi connectivity index (χ1n) is 5.21. The number of rotatable bonds is 4. The second kappa shape index (κ2) is 4.78. The van der Waals surface area contributed by atoms with Gasteiger partial charge in [0.1, 0.15) is 0 Å². The molecular weight excluding hydrogens is 270 g/mol. The quantitative estimate of drug-likeness (QED) is 0.804. The second-order valence-corrected chi connectivity index (χ2v) is 4.19. The number of aromatic nitrogens is 5. The van der Waals surface area contributed by atoms with Gasteiger partial charge in [-0.25, -0.2) is 4.68 Å². The molecule has 0 aliphatic rings. The van der Waals surface area contributed by atoms with Gasteiger partial charge in [-0.15, -0.1) is 5.10 Å². The van der Waals surface area contributed by atoms with Crippen LogP contribution >= 0.6 is 15.9 Å². The highest BCUT2D eigenvalue weighted by Gasteiger charge is 2.06. The van der Waals surface area contributed by atoms with Gasteiger partial charge in [-0.05, 0) is 19.9 Å². The van der Waals surface area contributed by atoms with Crippen LogP contribution in [0.25, 0.3) is 0 Å². The van der Waals surface area contributed by atoms with Crippen molar-refractivity contribution in [3.8, 4) is 0 Å². The lowest BCUT2D eigenvalue weighted by Gasteiger charge is -2.03. The molecule has 5 nitrogen and oxygen atoms in total. The predicted octanol–water partition coefficient (Wildman–Crippen LogP) is 1.75. The largest absolute Gasteiger partial charge is 0.268 e. The number of halogens is 1. The number of hydrogen-bond donors (Lipinski definition) is 0. The first-order chi connectivity index (χ1) is 7.72. The molecule has 16 heavy (non-hydrogen) atoms. The summed E-state index contributed by atoms with van der Waals surface area (Å²) in [6, 6.07) is 2.08. The van der Waals surface area contributed by atoms with Crippen molar-refractivity contribution in [1.82, 2.24) is 24.8 Å². The van der Waals surface area contributed by atoms with Crippen molar-refractivity contribution in [1.29, 1.82) is 0 Å². The minimum atomic E-state index is 0.717. The van der Waals surface area contributed by atoms with Gasteiger partial charge < -0.3 is 0 Å². The Hall–Kier alpha value is -1.17. The number of hydrogen-bond acceptors (Lipinski definition) is 3. The van der Waals surface area contributed by atoms with E-state index >= 15 is 0 Å². The summed E-state index contributed by atoms with van der Waals surface area (Å²) in [6.07, 6.45) is 1.94. The van der Waals surface area contributed by atoms with Crippen LogP contribution in [0.3, 0.4) is 0 Å². The zero-order valence-electron chi connectivity index (χ0n) is 9.39. The molecule has 2 aromatic rings. The minimum absolute atomic E-state index is 0.717. The van der Waals surface area contributed by atoms with Gasteiger partial charge in [0.15, 0.2) is 0 Å². The van der Waals surface area contributed by atoms with E-state index in [1.807, 2.05) is 22.5 Å². The van der Waals surface area contributed by atoms with Crippen LogP contribution in [0.15, 0.2) is 12.3 Å². The molecule has 0 saturated heterocycles. The minimum Gasteiger partial charge on any atom is -0.268 e. The number of alkyl halides is 1. The molecule has 2 rings (SSSR count). The fourth-order valence-electron chi connectivity index (χ4n) is 1.64. The molecule has 86 valence electrons. The van der Waals surface area contributed by atoms with E-state index in [-0.39, 0.29) is 0 Å². The van der Waals surface area contributed by atoms with Crippen LogP contribution in [0.1, 0.15) is 24.0 Å². The van der Waals surface area contributed by atoms with Gasteiger partial charge >= 0.3 is 0 Å². The lowest BCUT2D eigenvalue weighted by molar-refractivity contribution is 0.565. The summed E-state index contributed by atoms with van der Waals surface area (Å²) in [6.45, 7) is 5.68. The topological polar surface area (TPSA) is 48.5 Å². The highest BCUT2D eigenvalue weighted by molar-refractivity contribution is 9.08. The van der Waals surface area contributed by atoms with E-state index in [0.717, 1.165) is 29.0 Å². The summed E-state index contributed by atoms with van der Waals surface area (Å²) in [5.74, 6) is 0. The normalized spacial score (nSPS) is 10.9. The Bertz CT molecular complexity index is 473. The Morgan fingerprint density at radius 2 is 2.25 bits per heavy atom. The fraction of sp³-hybridized carbons (Fsp3) is 0.500. The van der Waals surface area contributed by atoms with E-state index in [0.29, 0.717) is 6.54 Å². The Morgan fingerprint density at radius 3 is 2.88 bits per heavy atom. The van der Waals surface area contributed by atoms with E-state index in [9.17, 15) is 0 Å². The third kappa shape index (κ3) is 2.32. The van der Waals surface area contributed by atoms with Gasteiger partial charge in [0.05, 0.1) is 23.6 Å². The van der Waals surface area contributed by atoms with E-state index in [1.165, 1.54) is 0 Å². The molecular formula is C10H14BrN5. The van der Waals surface area contributed by atoms with Gasteiger partial charge in [-0.3, -0.25) is 4.68 Å². The van der Waals surface area contributed by atoms with Crippen LogP contribution in [-0.2, 0) is 18.4 Å². The molecule has 0 bridgehead atoms. The van der Waals surface area contributed by atoms with E-state index in [2.05, 4.69) is 44.3 Å². The molecule has 0 saturated carbocycles. The van der Waals surface area contributed by atoms with Crippen molar-refractivity contribution in [3.63, 3.8) is 0 Å². The van der Waals surface area contributed by atoms with Crippen LogP contribution in [0.2, 0.25) is 0 Å². The molecule has 2 heterocycles. The summed E-state index contributed by atoms with van der Waals surface area (Å²) >= 11 is 3.36. The third-order valence-electron chi connectivity index (χ3n) is 2.33. The van der Waals surface area contributed by atoms with Crippen molar-refractivity contribution in [2.75, 3.05) is 0 Å². The van der Waals surface area contributed by atoms with Gasteiger partial charge in [-0.2, -0.15) is 5.10 Å². The second-order valence-electron chi connectivity index (χ2n) is 3.63. The first-order valence-corrected chi connectivity index (χ1v) is 6.33. The van der Waals surface area contributed by atoms with Crippen LogP contribution in [0.4, 0.5) is 0 Å². The molecule has 0 aliphatic carbocycles. The molecule has 0 N–H and O–H groups in total. The Balaban J connectivity index is 2.19. The average Bonchev–Trinajstić information content (AvgIpc) is 2.85. The fourth-order valence-corrected chi connectivity index (χ4v) is 1.90. The highest BCUT2D eigenvalue weighted by Crippen LogP contribution is 2.07. The monoisotopic (exact) mass is 283 g/mol. The van der Waals surface area contributed by atoms with E-state index in [4.69, 9.17) is 0 Å². The lowest BCUT2D eigenvalue weighted by Crippen LogP contribution is -2.08. The molecule has 6 heteroatoms. The lowest BCUT2D eigenvalue weighted by atomic mass is 10.3. The number of aryl methyl sites for hydroxylation is 2. The molecule has 0 amide bonds. The van der Waals surface area contributed by atoms with Crippen molar-refractivity contribution in [2.45, 2.75) is 32.3 Å². The van der Waals surface area contributed by atoms with Crippen LogP contribution < -0.4 is 0 Å². The summed E-state index contributed by atoms with van der Waals surface area (Å²) < 4.78 is 3.82. The number of nitrogens with zero attached hydrogens (tertiary/aromatic N) is 5. The maximum atomic E-state index is 4.40. The molecule has 0 unspecified atom stereocenters. The average molecular weight is 284 g/mol. The maximum absolute atomic E-state index is 4.40. The molecule has 0 atom stereocenters. The third-order valence-corrected chi connectivity index (χ3v) is 2.91. The Kier molecular flexibility index (Phi) is 3.38. The van der Waals surface area contributed by atoms with Gasteiger partial charge in [0.2, 0.25) is 0 Å². The van der Waals surface area contributed by atoms with Crippen molar-refractivity contribution < 1.29 is 0 Å². The van der Waals surface area contributed by atoms with E-state index < -0.39 is 0 Å². The van der Waals surface area contributed by atoms with E-state index in [1.54, 1.807) is 0 Å². The molecule has 0 radical (unpaired) electrons. The van der Waals surface area contributed by atoms with Gasteiger partial charge in [0.25, 0.3) is 0 Å². The highest BCUT2D eigenvalue weighted by atomic mass is 79.9. The molecule has 0 aromatic carbocycles.